The van der Waals surface area contributed by atoms with Crippen LogP contribution in [0.5, 0.6) is 5.75 Å². The Morgan fingerprint density at radius 2 is 1.86 bits per heavy atom. The van der Waals surface area contributed by atoms with Gasteiger partial charge in [0.25, 0.3) is 0 Å². The van der Waals surface area contributed by atoms with Gasteiger partial charge in [-0.2, -0.15) is 0 Å². The minimum absolute atomic E-state index is 0.322. The van der Waals surface area contributed by atoms with Crippen LogP contribution < -0.4 is 9.64 Å². The Hall–Kier alpha value is -2.37. The summed E-state index contributed by atoms with van der Waals surface area (Å²) in [5.41, 5.74) is 0.323. The van der Waals surface area contributed by atoms with E-state index in [1.165, 1.54) is 0 Å². The molecule has 1 aliphatic carbocycles. The summed E-state index contributed by atoms with van der Waals surface area (Å²) in [4.78, 5) is 38.8. The molecule has 0 atom stereocenters. The molecule has 0 unspecified atom stereocenters. The predicted molar refractivity (Wildman–Crippen MR) is 79.5 cm³/mol. The van der Waals surface area contributed by atoms with Gasteiger partial charge in [-0.3, -0.25) is 14.5 Å². The van der Waals surface area contributed by atoms with Crippen LogP contribution in [0.4, 0.5) is 10.5 Å². The van der Waals surface area contributed by atoms with Crippen molar-refractivity contribution in [2.45, 2.75) is 26.2 Å². The average Bonchev–Trinajstić information content (AvgIpc) is 2.67. The number of hydrogen-bond donors (Lipinski definition) is 0. The maximum atomic E-state index is 12.5. The summed E-state index contributed by atoms with van der Waals surface area (Å²) in [6.45, 7) is 2.56. The number of benzene rings is 1. The van der Waals surface area contributed by atoms with Crippen molar-refractivity contribution in [3.63, 3.8) is 0 Å². The van der Waals surface area contributed by atoms with Gasteiger partial charge in [0.15, 0.2) is 0 Å². The zero-order valence-corrected chi connectivity index (χ0v) is 12.4. The van der Waals surface area contributed by atoms with Gasteiger partial charge in [0.1, 0.15) is 5.75 Å². The molecule has 4 amide bonds. The SMILES string of the molecule is CCOc1ccccc1N1C(=O)C(=O)N(CC2CCC2)C1=O. The van der Waals surface area contributed by atoms with Gasteiger partial charge in [0.2, 0.25) is 0 Å². The molecule has 1 saturated heterocycles. The van der Waals surface area contributed by atoms with E-state index in [1.807, 2.05) is 6.92 Å². The molecule has 0 spiro atoms. The largest absolute Gasteiger partial charge is 0.492 e. The average molecular weight is 302 g/mol. The van der Waals surface area contributed by atoms with E-state index in [0.717, 1.165) is 29.1 Å². The molecule has 0 bridgehead atoms. The number of carbonyl (C=O) groups excluding carboxylic acids is 3. The predicted octanol–water partition coefficient (Wildman–Crippen LogP) is 2.18. The Bertz CT molecular complexity index is 624. The summed E-state index contributed by atoms with van der Waals surface area (Å²) in [6.07, 6.45) is 3.12. The van der Waals surface area contributed by atoms with Gasteiger partial charge >= 0.3 is 17.8 Å². The molecule has 2 aliphatic rings. The summed E-state index contributed by atoms with van der Waals surface area (Å²) in [5.74, 6) is -0.813. The minimum Gasteiger partial charge on any atom is -0.492 e. The monoisotopic (exact) mass is 302 g/mol. The number of para-hydroxylation sites is 2. The number of imide groups is 2. The molecule has 22 heavy (non-hydrogen) atoms. The fraction of sp³-hybridized carbons (Fsp3) is 0.438. The van der Waals surface area contributed by atoms with E-state index < -0.39 is 17.8 Å². The molecule has 1 saturated carbocycles. The molecule has 116 valence electrons. The highest BCUT2D eigenvalue weighted by Gasteiger charge is 2.47. The molecular weight excluding hydrogens is 284 g/mol. The van der Waals surface area contributed by atoms with E-state index in [1.54, 1.807) is 24.3 Å². The highest BCUT2D eigenvalue weighted by atomic mass is 16.5. The van der Waals surface area contributed by atoms with Crippen LogP contribution >= 0.6 is 0 Å². The summed E-state index contributed by atoms with van der Waals surface area (Å²) >= 11 is 0. The summed E-state index contributed by atoms with van der Waals surface area (Å²) < 4.78 is 5.45. The molecule has 1 aromatic carbocycles. The minimum atomic E-state index is -0.809. The van der Waals surface area contributed by atoms with E-state index in [-0.39, 0.29) is 0 Å². The molecule has 0 radical (unpaired) electrons. The van der Waals surface area contributed by atoms with Crippen molar-refractivity contribution in [3.8, 4) is 5.75 Å². The highest BCUT2D eigenvalue weighted by Crippen LogP contribution is 2.33. The van der Waals surface area contributed by atoms with Crippen molar-refractivity contribution < 1.29 is 19.1 Å². The summed E-state index contributed by atoms with van der Waals surface area (Å²) in [5, 5.41) is 0. The van der Waals surface area contributed by atoms with Crippen molar-refractivity contribution in [1.29, 1.82) is 0 Å². The molecular formula is C16H18N2O4. The van der Waals surface area contributed by atoms with Crippen molar-refractivity contribution >= 4 is 23.5 Å². The Balaban J connectivity index is 1.89. The lowest BCUT2D eigenvalue weighted by atomic mass is 9.85. The van der Waals surface area contributed by atoms with Gasteiger partial charge in [-0.1, -0.05) is 18.6 Å². The second kappa shape index (κ2) is 5.79. The van der Waals surface area contributed by atoms with Gasteiger partial charge in [0, 0.05) is 6.54 Å². The number of amides is 4. The quantitative estimate of drug-likeness (QED) is 0.617. The van der Waals surface area contributed by atoms with Crippen molar-refractivity contribution in [2.75, 3.05) is 18.1 Å². The van der Waals surface area contributed by atoms with Crippen LogP contribution in [0.2, 0.25) is 0 Å². The van der Waals surface area contributed by atoms with Crippen LogP contribution in [0.15, 0.2) is 24.3 Å². The van der Waals surface area contributed by atoms with Gasteiger partial charge in [0.05, 0.1) is 12.3 Å². The Morgan fingerprint density at radius 1 is 1.14 bits per heavy atom. The smallest absolute Gasteiger partial charge is 0.339 e. The molecule has 1 aromatic rings. The Labute approximate surface area is 128 Å². The Kier molecular flexibility index (Phi) is 3.83. The van der Waals surface area contributed by atoms with E-state index in [4.69, 9.17) is 4.74 Å². The third-order valence-electron chi connectivity index (χ3n) is 4.12. The molecule has 6 nitrogen and oxygen atoms in total. The number of anilines is 1. The maximum Gasteiger partial charge on any atom is 0.339 e. The Morgan fingerprint density at radius 3 is 2.50 bits per heavy atom. The fourth-order valence-electron chi connectivity index (χ4n) is 2.73. The molecule has 6 heteroatoms. The van der Waals surface area contributed by atoms with Gasteiger partial charge in [-0.05, 0) is 37.8 Å². The fourth-order valence-corrected chi connectivity index (χ4v) is 2.73. The number of nitrogens with zero attached hydrogens (tertiary/aromatic N) is 2. The van der Waals surface area contributed by atoms with E-state index >= 15 is 0 Å². The number of hydrogen-bond acceptors (Lipinski definition) is 4. The van der Waals surface area contributed by atoms with E-state index in [0.29, 0.717) is 30.5 Å². The van der Waals surface area contributed by atoms with Crippen LogP contribution in [-0.2, 0) is 9.59 Å². The highest BCUT2D eigenvalue weighted by molar-refractivity contribution is 6.53. The lowest BCUT2D eigenvalue weighted by Crippen LogP contribution is -2.38. The van der Waals surface area contributed by atoms with Crippen molar-refractivity contribution in [3.05, 3.63) is 24.3 Å². The van der Waals surface area contributed by atoms with Crippen LogP contribution in [0, 0.1) is 5.92 Å². The standard InChI is InChI=1S/C16H18N2O4/c1-2-22-13-9-4-3-8-12(13)18-15(20)14(19)17(16(18)21)10-11-6-5-7-11/h3-4,8-9,11H,2,5-7,10H2,1H3. The zero-order valence-electron chi connectivity index (χ0n) is 12.4. The number of carbonyl (C=O) groups is 3. The van der Waals surface area contributed by atoms with Crippen molar-refractivity contribution in [1.82, 2.24) is 4.90 Å². The molecule has 0 N–H and O–H groups in total. The maximum absolute atomic E-state index is 12.5. The summed E-state index contributed by atoms with van der Waals surface area (Å²) in [6, 6.07) is 6.18. The number of ether oxygens (including phenoxy) is 1. The van der Waals surface area contributed by atoms with Crippen LogP contribution in [0.3, 0.4) is 0 Å². The number of rotatable bonds is 5. The van der Waals surface area contributed by atoms with E-state index in [2.05, 4.69) is 0 Å². The van der Waals surface area contributed by atoms with Crippen LogP contribution in [-0.4, -0.2) is 35.9 Å². The van der Waals surface area contributed by atoms with E-state index in [9.17, 15) is 14.4 Å². The normalized spacial score (nSPS) is 18.9. The first-order valence-electron chi connectivity index (χ1n) is 7.55. The molecule has 1 heterocycles. The molecule has 3 rings (SSSR count). The molecule has 2 fully saturated rings. The second-order valence-corrected chi connectivity index (χ2v) is 5.54. The van der Waals surface area contributed by atoms with Crippen LogP contribution in [0.1, 0.15) is 26.2 Å². The lowest BCUT2D eigenvalue weighted by molar-refractivity contribution is -0.139. The van der Waals surface area contributed by atoms with Gasteiger partial charge in [-0.25, -0.2) is 9.69 Å². The van der Waals surface area contributed by atoms with Crippen LogP contribution in [0.25, 0.3) is 0 Å². The lowest BCUT2D eigenvalue weighted by Gasteiger charge is -2.28. The first kappa shape index (κ1) is 14.6. The third-order valence-corrected chi connectivity index (χ3v) is 4.12. The first-order chi connectivity index (χ1) is 10.6. The number of urea groups is 1. The molecule has 0 aromatic heterocycles. The molecule has 1 aliphatic heterocycles. The van der Waals surface area contributed by atoms with Gasteiger partial charge < -0.3 is 4.74 Å². The summed E-state index contributed by atoms with van der Waals surface area (Å²) in [7, 11) is 0. The second-order valence-electron chi connectivity index (χ2n) is 5.54. The first-order valence-corrected chi connectivity index (χ1v) is 7.55. The zero-order chi connectivity index (χ0) is 15.7. The van der Waals surface area contributed by atoms with Crippen molar-refractivity contribution in [2.24, 2.45) is 5.92 Å². The third kappa shape index (κ3) is 2.34. The van der Waals surface area contributed by atoms with Gasteiger partial charge in [-0.15, -0.1) is 0 Å². The topological polar surface area (TPSA) is 66.9 Å².